The average molecular weight is 278 g/mol. The molecule has 0 saturated carbocycles. The van der Waals surface area contributed by atoms with Gasteiger partial charge in [0.1, 0.15) is 0 Å². The van der Waals surface area contributed by atoms with E-state index in [1.54, 1.807) is 10.8 Å². The van der Waals surface area contributed by atoms with Crippen LogP contribution in [0.25, 0.3) is 11.3 Å². The highest BCUT2D eigenvalue weighted by atomic mass is 16.4. The highest BCUT2D eigenvalue weighted by Gasteiger charge is 2.17. The number of carboxylic acids is 1. The second-order valence-corrected chi connectivity index (χ2v) is 4.71. The van der Waals surface area contributed by atoms with Crippen molar-refractivity contribution in [3.63, 3.8) is 0 Å². The zero-order valence-electron chi connectivity index (χ0n) is 11.3. The van der Waals surface area contributed by atoms with Gasteiger partial charge in [-0.2, -0.15) is 0 Å². The van der Waals surface area contributed by atoms with Gasteiger partial charge < -0.3 is 9.67 Å². The summed E-state index contributed by atoms with van der Waals surface area (Å²) < 4.78 is 1.73. The first kappa shape index (κ1) is 13.1. The molecule has 3 rings (SSSR count). The van der Waals surface area contributed by atoms with Gasteiger partial charge >= 0.3 is 5.97 Å². The number of carboxylic acid groups (broad SMARTS) is 1. The number of aromatic nitrogens is 2. The van der Waals surface area contributed by atoms with E-state index < -0.39 is 5.97 Å². The third-order valence-electron chi connectivity index (χ3n) is 3.30. The molecule has 2 aromatic carbocycles. The van der Waals surface area contributed by atoms with Gasteiger partial charge in [-0.15, -0.1) is 0 Å². The molecule has 21 heavy (non-hydrogen) atoms. The van der Waals surface area contributed by atoms with E-state index in [9.17, 15) is 9.90 Å². The molecule has 4 nitrogen and oxygen atoms in total. The number of benzene rings is 2. The molecule has 0 fully saturated rings. The largest absolute Gasteiger partial charge is 0.475 e. The van der Waals surface area contributed by atoms with E-state index in [2.05, 4.69) is 4.98 Å². The van der Waals surface area contributed by atoms with E-state index in [0.29, 0.717) is 6.54 Å². The lowest BCUT2D eigenvalue weighted by Crippen LogP contribution is -2.11. The average Bonchev–Trinajstić information content (AvgIpc) is 2.93. The highest BCUT2D eigenvalue weighted by molar-refractivity contribution is 5.85. The van der Waals surface area contributed by atoms with E-state index in [0.717, 1.165) is 16.8 Å². The summed E-state index contributed by atoms with van der Waals surface area (Å²) in [5.41, 5.74) is 2.79. The molecule has 104 valence electrons. The van der Waals surface area contributed by atoms with E-state index in [1.807, 2.05) is 60.7 Å². The minimum Gasteiger partial charge on any atom is -0.475 e. The van der Waals surface area contributed by atoms with Crippen LogP contribution in [0.5, 0.6) is 0 Å². The van der Waals surface area contributed by atoms with Crippen LogP contribution in [0, 0.1) is 0 Å². The molecular weight excluding hydrogens is 264 g/mol. The summed E-state index contributed by atoms with van der Waals surface area (Å²) in [5, 5.41) is 9.32. The van der Waals surface area contributed by atoms with Gasteiger partial charge in [0.15, 0.2) is 0 Å². The van der Waals surface area contributed by atoms with Crippen molar-refractivity contribution in [3.8, 4) is 11.3 Å². The predicted octanol–water partition coefficient (Wildman–Crippen LogP) is 3.30. The van der Waals surface area contributed by atoms with Gasteiger partial charge in [-0.1, -0.05) is 60.7 Å². The molecule has 0 bridgehead atoms. The number of carbonyl (C=O) groups is 1. The predicted molar refractivity (Wildman–Crippen MR) is 80.2 cm³/mol. The van der Waals surface area contributed by atoms with Crippen LogP contribution in [-0.2, 0) is 6.54 Å². The summed E-state index contributed by atoms with van der Waals surface area (Å²) in [6.45, 7) is 0.479. The van der Waals surface area contributed by atoms with Crippen LogP contribution < -0.4 is 0 Å². The molecule has 0 unspecified atom stereocenters. The monoisotopic (exact) mass is 278 g/mol. The molecule has 0 saturated heterocycles. The van der Waals surface area contributed by atoms with Crippen molar-refractivity contribution < 1.29 is 9.90 Å². The van der Waals surface area contributed by atoms with E-state index in [4.69, 9.17) is 0 Å². The lowest BCUT2D eigenvalue weighted by Gasteiger charge is -2.10. The third kappa shape index (κ3) is 2.69. The van der Waals surface area contributed by atoms with Gasteiger partial charge in [-0.3, -0.25) is 0 Å². The van der Waals surface area contributed by atoms with E-state index in [-0.39, 0.29) is 5.82 Å². The number of rotatable bonds is 4. The van der Waals surface area contributed by atoms with Crippen molar-refractivity contribution in [2.75, 3.05) is 0 Å². The van der Waals surface area contributed by atoms with Crippen molar-refractivity contribution >= 4 is 5.97 Å². The fraction of sp³-hybridized carbons (Fsp3) is 0.0588. The van der Waals surface area contributed by atoms with Crippen molar-refractivity contribution in [1.82, 2.24) is 9.55 Å². The Kier molecular flexibility index (Phi) is 3.51. The first-order valence-corrected chi connectivity index (χ1v) is 6.64. The Balaban J connectivity index is 2.08. The molecule has 1 heterocycles. The van der Waals surface area contributed by atoms with Gasteiger partial charge in [-0.25, -0.2) is 9.78 Å². The summed E-state index contributed by atoms with van der Waals surface area (Å²) >= 11 is 0. The Hall–Kier alpha value is -2.88. The van der Waals surface area contributed by atoms with Crippen molar-refractivity contribution in [3.05, 3.63) is 78.2 Å². The highest BCUT2D eigenvalue weighted by Crippen LogP contribution is 2.22. The molecule has 0 radical (unpaired) electrons. The normalized spacial score (nSPS) is 10.5. The molecule has 0 aliphatic carbocycles. The Labute approximate surface area is 122 Å². The van der Waals surface area contributed by atoms with Gasteiger partial charge in [0.25, 0.3) is 0 Å². The first-order chi connectivity index (χ1) is 10.3. The van der Waals surface area contributed by atoms with Crippen LogP contribution >= 0.6 is 0 Å². The lowest BCUT2D eigenvalue weighted by molar-refractivity contribution is 0.0679. The number of hydrogen-bond donors (Lipinski definition) is 1. The van der Waals surface area contributed by atoms with Crippen LogP contribution in [0.3, 0.4) is 0 Å². The van der Waals surface area contributed by atoms with Gasteiger partial charge in [0, 0.05) is 6.54 Å². The molecule has 1 N–H and O–H groups in total. The molecular formula is C17H14N2O2. The molecule has 0 spiro atoms. The Morgan fingerprint density at radius 3 is 2.24 bits per heavy atom. The Morgan fingerprint density at radius 1 is 1.00 bits per heavy atom. The molecule has 0 aliphatic rings. The minimum absolute atomic E-state index is 0.0534. The minimum atomic E-state index is -1.02. The maximum atomic E-state index is 11.4. The Morgan fingerprint density at radius 2 is 1.62 bits per heavy atom. The van der Waals surface area contributed by atoms with Crippen LogP contribution in [0.4, 0.5) is 0 Å². The fourth-order valence-electron chi connectivity index (χ4n) is 2.31. The topological polar surface area (TPSA) is 55.1 Å². The van der Waals surface area contributed by atoms with Crippen LogP contribution in [0.2, 0.25) is 0 Å². The zero-order chi connectivity index (χ0) is 14.7. The van der Waals surface area contributed by atoms with Gasteiger partial charge in [0.2, 0.25) is 5.82 Å². The molecule has 0 amide bonds. The maximum absolute atomic E-state index is 11.4. The molecule has 0 aliphatic heterocycles. The summed E-state index contributed by atoms with van der Waals surface area (Å²) in [5.74, 6) is -0.967. The Bertz CT molecular complexity index is 749. The standard InChI is InChI=1S/C17H14N2O2/c20-17(21)16-18-11-15(14-9-5-2-6-10-14)19(16)12-13-7-3-1-4-8-13/h1-11H,12H2,(H,20,21). The van der Waals surface area contributed by atoms with E-state index >= 15 is 0 Å². The second kappa shape index (κ2) is 5.63. The molecule has 4 heteroatoms. The van der Waals surface area contributed by atoms with Crippen molar-refractivity contribution in [1.29, 1.82) is 0 Å². The van der Waals surface area contributed by atoms with Gasteiger partial charge in [-0.05, 0) is 11.1 Å². The SMILES string of the molecule is O=C(O)c1ncc(-c2ccccc2)n1Cc1ccccc1. The van der Waals surface area contributed by atoms with Crippen LogP contribution in [-0.4, -0.2) is 20.6 Å². The summed E-state index contributed by atoms with van der Waals surface area (Å²) in [6.07, 6.45) is 1.61. The second-order valence-electron chi connectivity index (χ2n) is 4.71. The van der Waals surface area contributed by atoms with E-state index in [1.165, 1.54) is 0 Å². The summed E-state index contributed by atoms with van der Waals surface area (Å²) in [4.78, 5) is 15.4. The first-order valence-electron chi connectivity index (χ1n) is 6.64. The van der Waals surface area contributed by atoms with Crippen molar-refractivity contribution in [2.45, 2.75) is 6.54 Å². The summed E-state index contributed by atoms with van der Waals surface area (Å²) in [6, 6.07) is 19.4. The van der Waals surface area contributed by atoms with Gasteiger partial charge in [0.05, 0.1) is 11.9 Å². The van der Waals surface area contributed by atoms with Crippen LogP contribution in [0.1, 0.15) is 16.2 Å². The smallest absolute Gasteiger partial charge is 0.372 e. The number of hydrogen-bond acceptors (Lipinski definition) is 2. The molecule has 0 atom stereocenters. The fourth-order valence-corrected chi connectivity index (χ4v) is 2.31. The molecule has 3 aromatic rings. The molecule has 1 aromatic heterocycles. The maximum Gasteiger partial charge on any atom is 0.372 e. The number of imidazole rings is 1. The van der Waals surface area contributed by atoms with Crippen molar-refractivity contribution in [2.24, 2.45) is 0 Å². The zero-order valence-corrected chi connectivity index (χ0v) is 11.3. The summed E-state index contributed by atoms with van der Waals surface area (Å²) in [7, 11) is 0. The third-order valence-corrected chi connectivity index (χ3v) is 3.30. The lowest BCUT2D eigenvalue weighted by atomic mass is 10.1. The quantitative estimate of drug-likeness (QED) is 0.796. The van der Waals surface area contributed by atoms with Crippen LogP contribution in [0.15, 0.2) is 66.9 Å². The number of nitrogens with zero attached hydrogens (tertiary/aromatic N) is 2. The number of aromatic carboxylic acids is 1.